The molecule has 0 bridgehead atoms. The van der Waals surface area contributed by atoms with E-state index in [9.17, 15) is 4.79 Å². The van der Waals surface area contributed by atoms with Gasteiger partial charge in [0.15, 0.2) is 0 Å². The van der Waals surface area contributed by atoms with Crippen molar-refractivity contribution in [3.63, 3.8) is 0 Å². The van der Waals surface area contributed by atoms with E-state index < -0.39 is 0 Å². The Labute approximate surface area is 186 Å². The molecule has 6 nitrogen and oxygen atoms in total. The summed E-state index contributed by atoms with van der Waals surface area (Å²) in [7, 11) is 0. The SMILES string of the molecule is Cl.O=C(NCc1ccccc1-n1cccn1)c1cc2c(s1)C1(CCNCC1)OCC2. The zero-order valence-corrected chi connectivity index (χ0v) is 18.2. The van der Waals surface area contributed by atoms with E-state index in [0.717, 1.165) is 55.1 Å². The van der Waals surface area contributed by atoms with Crippen molar-refractivity contribution >= 4 is 29.7 Å². The van der Waals surface area contributed by atoms with Crippen LogP contribution in [0.5, 0.6) is 0 Å². The van der Waals surface area contributed by atoms with Crippen LogP contribution in [0.2, 0.25) is 0 Å². The third kappa shape index (κ3) is 3.90. The molecule has 8 heteroatoms. The van der Waals surface area contributed by atoms with E-state index in [1.807, 2.05) is 41.2 Å². The van der Waals surface area contributed by atoms with Gasteiger partial charge in [0.25, 0.3) is 5.91 Å². The van der Waals surface area contributed by atoms with Crippen LogP contribution >= 0.6 is 23.7 Å². The number of ether oxygens (including phenoxy) is 1. The largest absolute Gasteiger partial charge is 0.369 e. The van der Waals surface area contributed by atoms with E-state index >= 15 is 0 Å². The number of thiophene rings is 1. The Hall–Kier alpha value is -2.19. The van der Waals surface area contributed by atoms with E-state index in [1.165, 1.54) is 10.4 Å². The van der Waals surface area contributed by atoms with Crippen molar-refractivity contribution in [1.82, 2.24) is 20.4 Å². The number of amides is 1. The maximum Gasteiger partial charge on any atom is 0.261 e. The molecule has 2 N–H and O–H groups in total. The van der Waals surface area contributed by atoms with Gasteiger partial charge in [0.2, 0.25) is 0 Å². The van der Waals surface area contributed by atoms with Crippen LogP contribution in [-0.2, 0) is 23.3 Å². The maximum atomic E-state index is 12.9. The third-order valence-electron chi connectivity index (χ3n) is 5.79. The van der Waals surface area contributed by atoms with Crippen molar-refractivity contribution in [2.24, 2.45) is 0 Å². The number of nitrogens with one attached hydrogen (secondary N) is 2. The summed E-state index contributed by atoms with van der Waals surface area (Å²) in [5, 5.41) is 10.8. The Morgan fingerprint density at radius 3 is 2.90 bits per heavy atom. The second-order valence-corrected chi connectivity index (χ2v) is 8.62. The number of hydrogen-bond acceptors (Lipinski definition) is 5. The lowest BCUT2D eigenvalue weighted by molar-refractivity contribution is -0.0771. The predicted molar refractivity (Wildman–Crippen MR) is 120 cm³/mol. The highest BCUT2D eigenvalue weighted by molar-refractivity contribution is 7.14. The Morgan fingerprint density at radius 2 is 2.10 bits per heavy atom. The summed E-state index contributed by atoms with van der Waals surface area (Å²) in [5.41, 5.74) is 3.09. The van der Waals surface area contributed by atoms with E-state index in [0.29, 0.717) is 6.54 Å². The number of halogens is 1. The Balaban J connectivity index is 0.00000218. The third-order valence-corrected chi connectivity index (χ3v) is 7.15. The Morgan fingerprint density at radius 1 is 1.27 bits per heavy atom. The summed E-state index contributed by atoms with van der Waals surface area (Å²) >= 11 is 1.60. The first-order valence-electron chi connectivity index (χ1n) is 10.1. The van der Waals surface area contributed by atoms with Crippen LogP contribution in [0.1, 0.15) is 38.5 Å². The average molecular weight is 445 g/mol. The lowest BCUT2D eigenvalue weighted by Crippen LogP contribution is -2.43. The predicted octanol–water partition coefficient (Wildman–Crippen LogP) is 3.44. The number of para-hydroxylation sites is 1. The van der Waals surface area contributed by atoms with Gasteiger partial charge in [-0.25, -0.2) is 4.68 Å². The fraction of sp³-hybridized carbons (Fsp3) is 0.364. The summed E-state index contributed by atoms with van der Waals surface area (Å²) in [6.45, 7) is 3.12. The first kappa shape index (κ1) is 21.1. The van der Waals surface area contributed by atoms with Crippen LogP contribution in [0.3, 0.4) is 0 Å². The van der Waals surface area contributed by atoms with Gasteiger partial charge >= 0.3 is 0 Å². The summed E-state index contributed by atoms with van der Waals surface area (Å²) in [6, 6.07) is 12.0. The van der Waals surface area contributed by atoms with Gasteiger partial charge in [-0.2, -0.15) is 5.10 Å². The van der Waals surface area contributed by atoms with Gasteiger partial charge in [-0.15, -0.1) is 23.7 Å². The first-order chi connectivity index (χ1) is 14.3. The van der Waals surface area contributed by atoms with Gasteiger partial charge in [-0.1, -0.05) is 18.2 Å². The molecule has 1 aromatic carbocycles. The van der Waals surface area contributed by atoms with Crippen molar-refractivity contribution in [2.75, 3.05) is 19.7 Å². The molecule has 0 aliphatic carbocycles. The lowest BCUT2D eigenvalue weighted by atomic mass is 9.86. The van der Waals surface area contributed by atoms with Crippen LogP contribution in [0.25, 0.3) is 5.69 Å². The summed E-state index contributed by atoms with van der Waals surface area (Å²) in [4.78, 5) is 15.0. The highest BCUT2D eigenvalue weighted by Gasteiger charge is 2.41. The van der Waals surface area contributed by atoms with Gasteiger partial charge in [0.1, 0.15) is 5.60 Å². The van der Waals surface area contributed by atoms with Gasteiger partial charge < -0.3 is 15.4 Å². The molecule has 1 amide bonds. The highest BCUT2D eigenvalue weighted by Crippen LogP contribution is 2.44. The number of nitrogens with zero attached hydrogens (tertiary/aromatic N) is 2. The second-order valence-electron chi connectivity index (χ2n) is 7.57. The molecule has 0 saturated carbocycles. The molecule has 3 aromatic rings. The molecule has 1 saturated heterocycles. The highest BCUT2D eigenvalue weighted by atomic mass is 35.5. The maximum absolute atomic E-state index is 12.9. The number of aromatic nitrogens is 2. The molecule has 0 atom stereocenters. The molecule has 2 aromatic heterocycles. The molecule has 2 aliphatic rings. The molecule has 1 spiro atoms. The summed E-state index contributed by atoms with van der Waals surface area (Å²) < 4.78 is 8.06. The molecular weight excluding hydrogens is 420 g/mol. The van der Waals surface area contributed by atoms with E-state index in [1.54, 1.807) is 17.5 Å². The molecule has 5 rings (SSSR count). The first-order valence-corrected chi connectivity index (χ1v) is 10.9. The summed E-state index contributed by atoms with van der Waals surface area (Å²) in [6.07, 6.45) is 6.49. The van der Waals surface area contributed by atoms with Crippen molar-refractivity contribution in [1.29, 1.82) is 0 Å². The second kappa shape index (κ2) is 8.89. The zero-order valence-electron chi connectivity index (χ0n) is 16.6. The van der Waals surface area contributed by atoms with Crippen LogP contribution in [0.15, 0.2) is 48.8 Å². The smallest absolute Gasteiger partial charge is 0.261 e. The van der Waals surface area contributed by atoms with Gasteiger partial charge in [-0.3, -0.25) is 4.79 Å². The standard InChI is InChI=1S/C22H24N4O2S.ClH/c27-21(24-15-17-4-1-2-5-18(17)26-12-3-9-25-26)19-14-16-6-13-28-22(20(16)29-19)7-10-23-11-8-22;/h1-5,9,12,14,23H,6-8,10-11,13,15H2,(H,24,27);1H. The van der Waals surface area contributed by atoms with Crippen molar-refractivity contribution in [3.8, 4) is 5.69 Å². The molecule has 0 unspecified atom stereocenters. The average Bonchev–Trinajstić information content (AvgIpc) is 3.44. The Bertz CT molecular complexity index is 1010. The van der Waals surface area contributed by atoms with Crippen LogP contribution in [-0.4, -0.2) is 35.4 Å². The fourth-order valence-corrected chi connectivity index (χ4v) is 5.62. The topological polar surface area (TPSA) is 68.2 Å². The summed E-state index contributed by atoms with van der Waals surface area (Å²) in [5.74, 6) is -0.0243. The van der Waals surface area contributed by atoms with Gasteiger partial charge in [-0.05, 0) is 61.7 Å². The van der Waals surface area contributed by atoms with Crippen molar-refractivity contribution < 1.29 is 9.53 Å². The lowest BCUT2D eigenvalue weighted by Gasteiger charge is -2.40. The van der Waals surface area contributed by atoms with Crippen molar-refractivity contribution in [3.05, 3.63) is 69.7 Å². The van der Waals surface area contributed by atoms with Crippen LogP contribution in [0, 0.1) is 0 Å². The molecule has 0 radical (unpaired) electrons. The van der Waals surface area contributed by atoms with Crippen LogP contribution in [0.4, 0.5) is 0 Å². The number of rotatable bonds is 4. The number of hydrogen-bond donors (Lipinski definition) is 2. The number of fused-ring (bicyclic) bond motifs is 2. The Kier molecular flexibility index (Phi) is 6.24. The van der Waals surface area contributed by atoms with Crippen LogP contribution < -0.4 is 10.6 Å². The van der Waals surface area contributed by atoms with E-state index in [4.69, 9.17) is 4.74 Å². The van der Waals surface area contributed by atoms with E-state index in [2.05, 4.69) is 21.8 Å². The molecule has 30 heavy (non-hydrogen) atoms. The fourth-order valence-electron chi connectivity index (χ4n) is 4.29. The number of piperidine rings is 1. The van der Waals surface area contributed by atoms with Gasteiger partial charge in [0, 0.05) is 23.8 Å². The number of carbonyl (C=O) groups is 1. The minimum Gasteiger partial charge on any atom is -0.369 e. The molecular formula is C22H25ClN4O2S. The quantitative estimate of drug-likeness (QED) is 0.646. The minimum atomic E-state index is -0.200. The monoisotopic (exact) mass is 444 g/mol. The molecule has 4 heterocycles. The number of benzene rings is 1. The number of carbonyl (C=O) groups excluding carboxylic acids is 1. The van der Waals surface area contributed by atoms with E-state index in [-0.39, 0.29) is 23.9 Å². The minimum absolute atomic E-state index is 0. The molecule has 2 aliphatic heterocycles. The normalized spacial score (nSPS) is 17.2. The molecule has 158 valence electrons. The zero-order chi connectivity index (χ0) is 19.7. The molecule has 1 fully saturated rings. The van der Waals surface area contributed by atoms with Gasteiger partial charge in [0.05, 0.1) is 17.2 Å². The van der Waals surface area contributed by atoms with Crippen molar-refractivity contribution in [2.45, 2.75) is 31.4 Å².